The number of carbonyl (C=O) groups is 1. The Morgan fingerprint density at radius 2 is 2.14 bits per heavy atom. The first-order valence-electron chi connectivity index (χ1n) is 3.51. The van der Waals surface area contributed by atoms with E-state index in [1.807, 2.05) is 0 Å². The molecule has 0 atom stereocenters. The highest BCUT2D eigenvalue weighted by atomic mass is 35.5. The summed E-state index contributed by atoms with van der Waals surface area (Å²) in [6.07, 6.45) is 0. The van der Waals surface area contributed by atoms with Crippen LogP contribution >= 0.6 is 23.2 Å². The highest BCUT2D eigenvalue weighted by molar-refractivity contribution is 6.35. The lowest BCUT2D eigenvalue weighted by Crippen LogP contribution is -2.00. The smallest absolute Gasteiger partial charge is 0.337 e. The zero-order valence-corrected chi connectivity index (χ0v) is 8.34. The maximum absolute atomic E-state index is 10.6. The van der Waals surface area contributed by atoms with Crippen molar-refractivity contribution in [3.63, 3.8) is 0 Å². The molecule has 0 saturated heterocycles. The predicted molar refractivity (Wildman–Crippen MR) is 51.4 cm³/mol. The fraction of sp³-hybridized carbons (Fsp3) is 0.125. The van der Waals surface area contributed by atoms with Gasteiger partial charge < -0.3 is 14.9 Å². The van der Waals surface area contributed by atoms with E-state index < -0.39 is 5.97 Å². The summed E-state index contributed by atoms with van der Waals surface area (Å²) >= 11 is 10.9. The third-order valence-electron chi connectivity index (χ3n) is 1.51. The summed E-state index contributed by atoms with van der Waals surface area (Å²) in [4.78, 5) is 10.6. The summed E-state index contributed by atoms with van der Waals surface area (Å²) in [6, 6.07) is 2.13. The van der Waals surface area contributed by atoms with Gasteiger partial charge in [0.15, 0.2) is 17.6 Å². The van der Waals surface area contributed by atoms with Crippen LogP contribution in [-0.2, 0) is 0 Å². The highest BCUT2D eigenvalue weighted by Gasteiger charge is 2.16. The lowest BCUT2D eigenvalue weighted by Gasteiger charge is -2.08. The summed E-state index contributed by atoms with van der Waals surface area (Å²) < 4.78 is 4.78. The highest BCUT2D eigenvalue weighted by Crippen LogP contribution is 2.36. The molecule has 0 aliphatic rings. The molecule has 0 heterocycles. The Morgan fingerprint density at radius 3 is 2.64 bits per heavy atom. The number of benzene rings is 1. The van der Waals surface area contributed by atoms with Crippen molar-refractivity contribution in [3.8, 4) is 11.5 Å². The van der Waals surface area contributed by atoms with Crippen LogP contribution in [0.25, 0.3) is 0 Å². The number of aromatic hydroxyl groups is 1. The first kappa shape index (κ1) is 10.9. The third-order valence-corrected chi connectivity index (χ3v) is 1.99. The monoisotopic (exact) mass is 236 g/mol. The topological polar surface area (TPSA) is 66.8 Å². The van der Waals surface area contributed by atoms with Crippen LogP contribution in [0.3, 0.4) is 0 Å². The molecule has 1 aromatic rings. The zero-order valence-electron chi connectivity index (χ0n) is 6.83. The van der Waals surface area contributed by atoms with Gasteiger partial charge >= 0.3 is 5.97 Å². The van der Waals surface area contributed by atoms with E-state index >= 15 is 0 Å². The first-order valence-corrected chi connectivity index (χ1v) is 4.42. The number of phenolic OH excluding ortho intramolecular Hbond substituents is 1. The van der Waals surface area contributed by atoms with Gasteiger partial charge in [-0.3, -0.25) is 0 Å². The average molecular weight is 237 g/mol. The molecule has 0 unspecified atom stereocenters. The van der Waals surface area contributed by atoms with Crippen molar-refractivity contribution in [1.29, 1.82) is 0 Å². The number of ether oxygens (including phenoxy) is 1. The summed E-state index contributed by atoms with van der Waals surface area (Å²) in [6.45, 7) is 0. The van der Waals surface area contributed by atoms with E-state index in [1.165, 1.54) is 12.1 Å². The Hall–Kier alpha value is -1.13. The molecule has 1 rings (SSSR count). The number of phenols is 1. The minimum Gasteiger partial charge on any atom is -0.504 e. The van der Waals surface area contributed by atoms with Gasteiger partial charge in [-0.05, 0) is 12.1 Å². The Morgan fingerprint density at radius 1 is 1.50 bits per heavy atom. The molecular weight excluding hydrogens is 231 g/mol. The zero-order chi connectivity index (χ0) is 10.7. The summed E-state index contributed by atoms with van der Waals surface area (Å²) in [5.41, 5.74) is -0.149. The minimum atomic E-state index is -1.20. The lowest BCUT2D eigenvalue weighted by atomic mass is 10.2. The van der Waals surface area contributed by atoms with Crippen molar-refractivity contribution in [1.82, 2.24) is 0 Å². The van der Waals surface area contributed by atoms with Crippen molar-refractivity contribution in [2.75, 3.05) is 6.07 Å². The first-order chi connectivity index (χ1) is 6.57. The number of carboxylic acid groups (broad SMARTS) is 1. The van der Waals surface area contributed by atoms with E-state index in [0.29, 0.717) is 0 Å². The van der Waals surface area contributed by atoms with Gasteiger partial charge in [-0.15, -0.1) is 0 Å². The molecule has 0 aromatic heterocycles. The van der Waals surface area contributed by atoms with Crippen LogP contribution in [0.15, 0.2) is 12.1 Å². The Kier molecular flexibility index (Phi) is 3.43. The van der Waals surface area contributed by atoms with Crippen molar-refractivity contribution in [3.05, 3.63) is 22.7 Å². The number of halogens is 2. The van der Waals surface area contributed by atoms with Crippen LogP contribution in [0.4, 0.5) is 0 Å². The van der Waals surface area contributed by atoms with Crippen molar-refractivity contribution < 1.29 is 19.7 Å². The van der Waals surface area contributed by atoms with Crippen LogP contribution in [0.1, 0.15) is 10.4 Å². The van der Waals surface area contributed by atoms with Gasteiger partial charge in [0.25, 0.3) is 0 Å². The molecule has 14 heavy (non-hydrogen) atoms. The molecule has 1 aromatic carbocycles. The third kappa shape index (κ3) is 2.02. The van der Waals surface area contributed by atoms with Gasteiger partial charge in [0.2, 0.25) is 0 Å². The second kappa shape index (κ2) is 4.39. The number of hydrogen-bond acceptors (Lipinski definition) is 3. The fourth-order valence-corrected chi connectivity index (χ4v) is 1.31. The van der Waals surface area contributed by atoms with E-state index in [2.05, 4.69) is 0 Å². The largest absolute Gasteiger partial charge is 0.504 e. The molecule has 2 N–H and O–H groups in total. The molecule has 0 spiro atoms. The molecule has 6 heteroatoms. The Bertz CT molecular complexity index is 365. The number of alkyl halides is 1. The molecule has 0 aliphatic carbocycles. The Balaban J connectivity index is 3.26. The maximum Gasteiger partial charge on any atom is 0.337 e. The van der Waals surface area contributed by atoms with Crippen molar-refractivity contribution in [2.45, 2.75) is 0 Å². The van der Waals surface area contributed by atoms with Gasteiger partial charge in [0.05, 0.1) is 5.56 Å². The quantitative estimate of drug-likeness (QED) is 0.791. The molecular formula is C8H6Cl2O4. The second-order valence-corrected chi connectivity index (χ2v) is 2.93. The van der Waals surface area contributed by atoms with Crippen LogP contribution in [0, 0.1) is 0 Å². The molecule has 0 aliphatic heterocycles. The maximum atomic E-state index is 10.6. The average Bonchev–Trinajstić information content (AvgIpc) is 2.11. The Labute approximate surface area is 89.6 Å². The fourth-order valence-electron chi connectivity index (χ4n) is 0.903. The normalized spacial score (nSPS) is 9.86. The van der Waals surface area contributed by atoms with Crippen molar-refractivity contribution in [2.24, 2.45) is 0 Å². The molecule has 0 radical (unpaired) electrons. The van der Waals surface area contributed by atoms with E-state index in [1.54, 1.807) is 0 Å². The standard InChI is InChI=1S/C8H6Cl2O4/c9-3-14-7-5(11)2-1-4(6(7)10)8(12)13/h1-2,11H,3H2,(H,12,13). The van der Waals surface area contributed by atoms with E-state index in [9.17, 15) is 9.90 Å². The minimum absolute atomic E-state index is 0.124. The van der Waals surface area contributed by atoms with E-state index in [-0.39, 0.29) is 28.2 Å². The van der Waals surface area contributed by atoms with E-state index in [4.69, 9.17) is 33.0 Å². The number of aromatic carboxylic acids is 1. The second-order valence-electron chi connectivity index (χ2n) is 2.33. The number of carboxylic acids is 1. The molecule has 0 fully saturated rings. The van der Waals surface area contributed by atoms with Gasteiger partial charge in [0, 0.05) is 0 Å². The molecule has 4 nitrogen and oxygen atoms in total. The SMILES string of the molecule is O=C(O)c1ccc(O)c(OCCl)c1Cl. The van der Waals surface area contributed by atoms with Crippen LogP contribution in [0.2, 0.25) is 5.02 Å². The van der Waals surface area contributed by atoms with Crippen LogP contribution in [-0.4, -0.2) is 22.2 Å². The number of hydrogen-bond donors (Lipinski definition) is 2. The predicted octanol–water partition coefficient (Wildman–Crippen LogP) is 2.32. The van der Waals surface area contributed by atoms with E-state index in [0.717, 1.165) is 0 Å². The van der Waals surface area contributed by atoms with Crippen molar-refractivity contribution >= 4 is 29.2 Å². The molecule has 76 valence electrons. The van der Waals surface area contributed by atoms with Gasteiger partial charge in [-0.2, -0.15) is 0 Å². The lowest BCUT2D eigenvalue weighted by molar-refractivity contribution is 0.0696. The van der Waals surface area contributed by atoms with Gasteiger partial charge in [-0.1, -0.05) is 23.2 Å². The summed E-state index contributed by atoms with van der Waals surface area (Å²) in [5.74, 6) is -1.57. The van der Waals surface area contributed by atoms with Crippen LogP contribution < -0.4 is 4.74 Å². The molecule has 0 bridgehead atoms. The van der Waals surface area contributed by atoms with Gasteiger partial charge in [-0.25, -0.2) is 4.79 Å². The van der Waals surface area contributed by atoms with Gasteiger partial charge in [0.1, 0.15) is 5.02 Å². The molecule has 0 saturated carbocycles. The number of rotatable bonds is 3. The van der Waals surface area contributed by atoms with Crippen LogP contribution in [0.5, 0.6) is 11.5 Å². The molecule has 0 amide bonds. The summed E-state index contributed by atoms with van der Waals surface area (Å²) in [7, 11) is 0. The summed E-state index contributed by atoms with van der Waals surface area (Å²) in [5, 5.41) is 17.8.